The number of benzene rings is 1. The smallest absolute Gasteiger partial charge is 0.420 e. The molecule has 0 aromatic heterocycles. The molecule has 0 aliphatic rings. The summed E-state index contributed by atoms with van der Waals surface area (Å²) < 4.78 is 10.7. The van der Waals surface area contributed by atoms with Gasteiger partial charge in [-0.05, 0) is 52.7 Å². The molecule has 0 saturated heterocycles. The fourth-order valence-corrected chi connectivity index (χ4v) is 2.18. The van der Waals surface area contributed by atoms with Gasteiger partial charge in [-0.15, -0.1) is 0 Å². The minimum Gasteiger partial charge on any atom is -0.443 e. The van der Waals surface area contributed by atoms with Crippen LogP contribution in [0.4, 0.5) is 9.59 Å². The molecule has 5 nitrogen and oxygen atoms in total. The topological polar surface area (TPSA) is 55.8 Å². The Labute approximate surface area is 152 Å². The second kappa shape index (κ2) is 8.01. The maximum absolute atomic E-state index is 12.4. The first-order chi connectivity index (χ1) is 10.9. The van der Waals surface area contributed by atoms with Crippen molar-refractivity contribution < 1.29 is 19.1 Å². The third kappa shape index (κ3) is 7.34. The van der Waals surface area contributed by atoms with Gasteiger partial charge in [0.15, 0.2) is 0 Å². The van der Waals surface area contributed by atoms with Crippen molar-refractivity contribution in [2.24, 2.45) is 0 Å². The lowest BCUT2D eigenvalue weighted by molar-refractivity contribution is -0.000249. The molecule has 24 heavy (non-hydrogen) atoms. The van der Waals surface area contributed by atoms with Crippen LogP contribution in [0, 0.1) is 0 Å². The Balaban J connectivity index is 3.03. The highest BCUT2D eigenvalue weighted by molar-refractivity contribution is 9.08. The van der Waals surface area contributed by atoms with Crippen LogP contribution in [0.1, 0.15) is 52.7 Å². The molecule has 1 rings (SSSR count). The first-order valence-electron chi connectivity index (χ1n) is 7.78. The number of halogens is 1. The normalized spacial score (nSPS) is 11.8. The van der Waals surface area contributed by atoms with Gasteiger partial charge in [0, 0.05) is 5.33 Å². The van der Waals surface area contributed by atoms with Crippen molar-refractivity contribution in [1.29, 1.82) is 0 Å². The molecule has 0 aliphatic heterocycles. The van der Waals surface area contributed by atoms with Gasteiger partial charge in [0.2, 0.25) is 0 Å². The van der Waals surface area contributed by atoms with Crippen LogP contribution in [0.5, 0.6) is 0 Å². The minimum absolute atomic E-state index is 0.0880. The van der Waals surface area contributed by atoms with Crippen molar-refractivity contribution in [3.63, 3.8) is 0 Å². The van der Waals surface area contributed by atoms with Crippen LogP contribution in [0.3, 0.4) is 0 Å². The lowest BCUT2D eigenvalue weighted by atomic mass is 10.1. The van der Waals surface area contributed by atoms with Crippen LogP contribution in [0.25, 0.3) is 0 Å². The predicted octanol–water partition coefficient (Wildman–Crippen LogP) is 5.25. The third-order valence-electron chi connectivity index (χ3n) is 2.71. The SMILES string of the molecule is CC(C)(C)OC(=O)N(Cc1cccc(CBr)c1)C(=O)OC(C)(C)C. The summed E-state index contributed by atoms with van der Waals surface area (Å²) >= 11 is 3.40. The summed E-state index contributed by atoms with van der Waals surface area (Å²) in [4.78, 5) is 25.9. The lowest BCUT2D eigenvalue weighted by Crippen LogP contribution is -2.43. The molecule has 0 atom stereocenters. The molecule has 0 radical (unpaired) electrons. The van der Waals surface area contributed by atoms with E-state index < -0.39 is 23.4 Å². The summed E-state index contributed by atoms with van der Waals surface area (Å²) in [5, 5.41) is 0.694. The van der Waals surface area contributed by atoms with Crippen molar-refractivity contribution in [3.05, 3.63) is 35.4 Å². The van der Waals surface area contributed by atoms with Crippen molar-refractivity contribution in [3.8, 4) is 0 Å². The summed E-state index contributed by atoms with van der Waals surface area (Å²) in [7, 11) is 0. The van der Waals surface area contributed by atoms with E-state index in [0.717, 1.165) is 16.0 Å². The van der Waals surface area contributed by atoms with Crippen LogP contribution >= 0.6 is 15.9 Å². The number of carbonyl (C=O) groups excluding carboxylic acids is 2. The Morgan fingerprint density at radius 2 is 1.42 bits per heavy atom. The number of amides is 2. The minimum atomic E-state index is -0.721. The van der Waals surface area contributed by atoms with Crippen molar-refractivity contribution in [1.82, 2.24) is 4.90 Å². The molecule has 0 fully saturated rings. The molecular formula is C18H26BrNO4. The first-order valence-corrected chi connectivity index (χ1v) is 8.91. The Morgan fingerprint density at radius 1 is 0.958 bits per heavy atom. The van der Waals surface area contributed by atoms with E-state index in [9.17, 15) is 9.59 Å². The van der Waals surface area contributed by atoms with E-state index in [4.69, 9.17) is 9.47 Å². The number of hydrogen-bond donors (Lipinski definition) is 0. The van der Waals surface area contributed by atoms with Gasteiger partial charge in [-0.2, -0.15) is 0 Å². The summed E-state index contributed by atoms with van der Waals surface area (Å²) in [6.45, 7) is 10.6. The maximum Gasteiger partial charge on any atom is 0.420 e. The molecule has 0 aliphatic carbocycles. The highest BCUT2D eigenvalue weighted by atomic mass is 79.9. The Hall–Kier alpha value is -1.56. The van der Waals surface area contributed by atoms with Crippen LogP contribution in [-0.2, 0) is 21.3 Å². The second-order valence-electron chi connectivity index (χ2n) is 7.50. The quantitative estimate of drug-likeness (QED) is 0.650. The van der Waals surface area contributed by atoms with E-state index in [2.05, 4.69) is 15.9 Å². The molecule has 0 spiro atoms. The number of carbonyl (C=O) groups is 2. The van der Waals surface area contributed by atoms with Gasteiger partial charge in [0.1, 0.15) is 11.2 Å². The third-order valence-corrected chi connectivity index (χ3v) is 3.36. The van der Waals surface area contributed by atoms with Crippen molar-refractivity contribution in [2.45, 2.75) is 64.6 Å². The Bertz CT molecular complexity index is 559. The second-order valence-corrected chi connectivity index (χ2v) is 8.06. The summed E-state index contributed by atoms with van der Waals surface area (Å²) in [6, 6.07) is 7.63. The van der Waals surface area contributed by atoms with E-state index in [1.54, 1.807) is 41.5 Å². The van der Waals surface area contributed by atoms with Crippen LogP contribution in [0.15, 0.2) is 24.3 Å². The first kappa shape index (κ1) is 20.5. The van der Waals surface area contributed by atoms with E-state index >= 15 is 0 Å². The molecule has 1 aromatic rings. The fourth-order valence-electron chi connectivity index (χ4n) is 1.83. The molecule has 0 saturated carbocycles. The number of imide groups is 1. The average Bonchev–Trinajstić information content (AvgIpc) is 2.41. The summed E-state index contributed by atoms with van der Waals surface area (Å²) in [5.41, 5.74) is 0.480. The standard InChI is InChI=1S/C18H26BrNO4/c1-17(2,3)23-15(21)20(16(22)24-18(4,5)6)12-14-9-7-8-13(10-14)11-19/h7-10H,11-12H2,1-6H3. The van der Waals surface area contributed by atoms with E-state index in [0.29, 0.717) is 5.33 Å². The molecule has 2 amide bonds. The number of rotatable bonds is 3. The summed E-state index contributed by atoms with van der Waals surface area (Å²) in [6.07, 6.45) is -1.44. The van der Waals surface area contributed by atoms with Crippen LogP contribution in [-0.4, -0.2) is 28.3 Å². The molecule has 0 unspecified atom stereocenters. The van der Waals surface area contributed by atoms with Crippen LogP contribution < -0.4 is 0 Å². The van der Waals surface area contributed by atoms with Gasteiger partial charge in [-0.1, -0.05) is 40.2 Å². The summed E-state index contributed by atoms with van der Waals surface area (Å²) in [5.74, 6) is 0. The largest absolute Gasteiger partial charge is 0.443 e. The zero-order chi connectivity index (χ0) is 18.5. The lowest BCUT2D eigenvalue weighted by Gasteiger charge is -2.28. The van der Waals surface area contributed by atoms with E-state index in [1.807, 2.05) is 24.3 Å². The monoisotopic (exact) mass is 399 g/mol. The zero-order valence-electron chi connectivity index (χ0n) is 15.2. The van der Waals surface area contributed by atoms with E-state index in [1.165, 1.54) is 0 Å². The predicted molar refractivity (Wildman–Crippen MR) is 97.1 cm³/mol. The van der Waals surface area contributed by atoms with Gasteiger partial charge < -0.3 is 9.47 Å². The highest BCUT2D eigenvalue weighted by Crippen LogP contribution is 2.18. The molecular weight excluding hydrogens is 374 g/mol. The Morgan fingerprint density at radius 3 is 1.83 bits per heavy atom. The molecule has 1 aromatic carbocycles. The highest BCUT2D eigenvalue weighted by Gasteiger charge is 2.31. The molecule has 0 heterocycles. The van der Waals surface area contributed by atoms with E-state index in [-0.39, 0.29) is 6.54 Å². The van der Waals surface area contributed by atoms with Gasteiger partial charge in [-0.25, -0.2) is 14.5 Å². The zero-order valence-corrected chi connectivity index (χ0v) is 16.8. The van der Waals surface area contributed by atoms with Crippen molar-refractivity contribution >= 4 is 28.1 Å². The number of ether oxygens (including phenoxy) is 2. The number of nitrogens with zero attached hydrogens (tertiary/aromatic N) is 1. The average molecular weight is 400 g/mol. The van der Waals surface area contributed by atoms with Gasteiger partial charge >= 0.3 is 12.2 Å². The van der Waals surface area contributed by atoms with Gasteiger partial charge in [0.25, 0.3) is 0 Å². The fraction of sp³-hybridized carbons (Fsp3) is 0.556. The molecule has 134 valence electrons. The van der Waals surface area contributed by atoms with Crippen LogP contribution in [0.2, 0.25) is 0 Å². The number of hydrogen-bond acceptors (Lipinski definition) is 4. The number of alkyl halides is 1. The van der Waals surface area contributed by atoms with Crippen molar-refractivity contribution in [2.75, 3.05) is 0 Å². The van der Waals surface area contributed by atoms with Gasteiger partial charge in [0.05, 0.1) is 6.54 Å². The molecule has 6 heteroatoms. The van der Waals surface area contributed by atoms with Gasteiger partial charge in [-0.3, -0.25) is 0 Å². The Kier molecular flexibility index (Phi) is 6.84. The molecule has 0 bridgehead atoms. The molecule has 0 N–H and O–H groups in total. The maximum atomic E-state index is 12.4.